The fraction of sp³-hybridized carbons (Fsp3) is 0.278. The third kappa shape index (κ3) is 5.13. The van der Waals surface area contributed by atoms with Crippen LogP contribution >= 0.6 is 0 Å². The second-order valence-corrected chi connectivity index (χ2v) is 5.03. The Labute approximate surface area is 131 Å². The summed E-state index contributed by atoms with van der Waals surface area (Å²) >= 11 is 0. The molecule has 0 saturated carbocycles. The largest absolute Gasteiger partial charge is 0.492 e. The molecule has 0 fully saturated rings. The van der Waals surface area contributed by atoms with Gasteiger partial charge in [0.2, 0.25) is 0 Å². The molecule has 0 unspecified atom stereocenters. The van der Waals surface area contributed by atoms with Crippen LogP contribution in [0.15, 0.2) is 54.6 Å². The average molecular weight is 299 g/mol. The van der Waals surface area contributed by atoms with E-state index in [2.05, 4.69) is 5.32 Å². The standard InChI is InChI=1S/C18H21NO3/c1-14-7-6-10-17(13-14)22-15(2)18(20)19-11-12-21-16-8-4-3-5-9-16/h3-10,13,15H,11-12H2,1-2H3,(H,19,20)/t15-/m0/s1. The normalized spacial score (nSPS) is 11.5. The Morgan fingerprint density at radius 1 is 1.09 bits per heavy atom. The monoisotopic (exact) mass is 299 g/mol. The van der Waals surface area contributed by atoms with Crippen LogP contribution in [-0.4, -0.2) is 25.2 Å². The van der Waals surface area contributed by atoms with Crippen molar-refractivity contribution in [3.8, 4) is 11.5 Å². The molecule has 0 saturated heterocycles. The smallest absolute Gasteiger partial charge is 0.260 e. The lowest BCUT2D eigenvalue weighted by Gasteiger charge is -2.15. The molecule has 2 aromatic rings. The maximum absolute atomic E-state index is 12.0. The van der Waals surface area contributed by atoms with Crippen LogP contribution in [0.25, 0.3) is 0 Å². The zero-order chi connectivity index (χ0) is 15.8. The van der Waals surface area contributed by atoms with Crippen molar-refractivity contribution in [3.63, 3.8) is 0 Å². The van der Waals surface area contributed by atoms with E-state index < -0.39 is 6.10 Å². The Bertz CT molecular complexity index is 598. The quantitative estimate of drug-likeness (QED) is 0.800. The number of aryl methyl sites for hydroxylation is 1. The van der Waals surface area contributed by atoms with E-state index in [-0.39, 0.29) is 5.91 Å². The minimum atomic E-state index is -0.543. The highest BCUT2D eigenvalue weighted by molar-refractivity contribution is 5.80. The Kier molecular flexibility index (Phi) is 5.83. The minimum Gasteiger partial charge on any atom is -0.492 e. The summed E-state index contributed by atoms with van der Waals surface area (Å²) in [4.78, 5) is 12.0. The van der Waals surface area contributed by atoms with Gasteiger partial charge in [0.05, 0.1) is 6.54 Å². The summed E-state index contributed by atoms with van der Waals surface area (Å²) in [7, 11) is 0. The molecule has 0 spiro atoms. The summed E-state index contributed by atoms with van der Waals surface area (Å²) in [5.41, 5.74) is 1.10. The highest BCUT2D eigenvalue weighted by Crippen LogP contribution is 2.14. The first-order chi connectivity index (χ1) is 10.6. The predicted molar refractivity (Wildman–Crippen MR) is 86.2 cm³/mol. The van der Waals surface area contributed by atoms with Gasteiger partial charge >= 0.3 is 0 Å². The van der Waals surface area contributed by atoms with Crippen molar-refractivity contribution >= 4 is 5.91 Å². The van der Waals surface area contributed by atoms with E-state index in [4.69, 9.17) is 9.47 Å². The van der Waals surface area contributed by atoms with E-state index in [0.29, 0.717) is 18.9 Å². The summed E-state index contributed by atoms with van der Waals surface area (Å²) in [5, 5.41) is 2.80. The Balaban J connectivity index is 1.70. The van der Waals surface area contributed by atoms with Crippen molar-refractivity contribution in [2.45, 2.75) is 20.0 Å². The zero-order valence-corrected chi connectivity index (χ0v) is 12.9. The highest BCUT2D eigenvalue weighted by Gasteiger charge is 2.13. The Morgan fingerprint density at radius 2 is 1.82 bits per heavy atom. The molecule has 4 heteroatoms. The van der Waals surface area contributed by atoms with Gasteiger partial charge in [-0.05, 0) is 43.7 Å². The molecule has 1 amide bonds. The Morgan fingerprint density at radius 3 is 2.55 bits per heavy atom. The number of benzene rings is 2. The van der Waals surface area contributed by atoms with Gasteiger partial charge < -0.3 is 14.8 Å². The lowest BCUT2D eigenvalue weighted by atomic mass is 10.2. The van der Waals surface area contributed by atoms with E-state index in [1.54, 1.807) is 6.92 Å². The molecule has 0 aromatic heterocycles. The second kappa shape index (κ2) is 8.08. The number of para-hydroxylation sites is 1. The van der Waals surface area contributed by atoms with Crippen LogP contribution in [0.1, 0.15) is 12.5 Å². The highest BCUT2D eigenvalue weighted by atomic mass is 16.5. The SMILES string of the molecule is Cc1cccc(O[C@@H](C)C(=O)NCCOc2ccccc2)c1. The van der Waals surface area contributed by atoms with Gasteiger partial charge in [-0.1, -0.05) is 30.3 Å². The van der Waals surface area contributed by atoms with Crippen molar-refractivity contribution < 1.29 is 14.3 Å². The van der Waals surface area contributed by atoms with Crippen LogP contribution in [0.5, 0.6) is 11.5 Å². The number of rotatable bonds is 7. The van der Waals surface area contributed by atoms with Crippen molar-refractivity contribution in [3.05, 3.63) is 60.2 Å². The van der Waals surface area contributed by atoms with E-state index >= 15 is 0 Å². The van der Waals surface area contributed by atoms with Gasteiger partial charge in [-0.15, -0.1) is 0 Å². The third-order valence-electron chi connectivity index (χ3n) is 3.08. The van der Waals surface area contributed by atoms with Crippen molar-refractivity contribution in [1.82, 2.24) is 5.32 Å². The molecule has 116 valence electrons. The second-order valence-electron chi connectivity index (χ2n) is 5.03. The van der Waals surface area contributed by atoms with Crippen LogP contribution in [0, 0.1) is 6.92 Å². The van der Waals surface area contributed by atoms with Crippen LogP contribution in [-0.2, 0) is 4.79 Å². The average Bonchev–Trinajstić information content (AvgIpc) is 2.52. The van der Waals surface area contributed by atoms with Gasteiger partial charge in [-0.25, -0.2) is 0 Å². The van der Waals surface area contributed by atoms with Crippen molar-refractivity contribution in [1.29, 1.82) is 0 Å². The summed E-state index contributed by atoms with van der Waals surface area (Å²) in [5.74, 6) is 1.34. The van der Waals surface area contributed by atoms with Crippen LogP contribution < -0.4 is 14.8 Å². The van der Waals surface area contributed by atoms with Crippen LogP contribution in [0.3, 0.4) is 0 Å². The molecule has 22 heavy (non-hydrogen) atoms. The van der Waals surface area contributed by atoms with E-state index in [1.807, 2.05) is 61.5 Å². The van der Waals surface area contributed by atoms with E-state index in [9.17, 15) is 4.79 Å². The van der Waals surface area contributed by atoms with Gasteiger partial charge in [0.1, 0.15) is 18.1 Å². The molecular weight excluding hydrogens is 278 g/mol. The molecule has 1 N–H and O–H groups in total. The Hall–Kier alpha value is -2.49. The van der Waals surface area contributed by atoms with Gasteiger partial charge in [-0.3, -0.25) is 4.79 Å². The molecule has 0 bridgehead atoms. The molecule has 0 aliphatic rings. The topological polar surface area (TPSA) is 47.6 Å². The summed E-state index contributed by atoms with van der Waals surface area (Å²) in [6, 6.07) is 17.1. The van der Waals surface area contributed by atoms with Gasteiger partial charge in [-0.2, -0.15) is 0 Å². The van der Waals surface area contributed by atoms with Gasteiger partial charge in [0.15, 0.2) is 6.10 Å². The first kappa shape index (κ1) is 15.9. The number of ether oxygens (including phenoxy) is 2. The fourth-order valence-electron chi connectivity index (χ4n) is 1.95. The maximum Gasteiger partial charge on any atom is 0.260 e. The molecular formula is C18H21NO3. The molecule has 2 aromatic carbocycles. The molecule has 1 atom stereocenters. The minimum absolute atomic E-state index is 0.154. The fourth-order valence-corrected chi connectivity index (χ4v) is 1.95. The molecule has 0 radical (unpaired) electrons. The van der Waals surface area contributed by atoms with Crippen molar-refractivity contribution in [2.75, 3.05) is 13.2 Å². The first-order valence-corrected chi connectivity index (χ1v) is 7.34. The third-order valence-corrected chi connectivity index (χ3v) is 3.08. The van der Waals surface area contributed by atoms with E-state index in [1.165, 1.54) is 0 Å². The molecule has 2 rings (SSSR count). The van der Waals surface area contributed by atoms with Crippen molar-refractivity contribution in [2.24, 2.45) is 0 Å². The van der Waals surface area contributed by atoms with Crippen LogP contribution in [0.2, 0.25) is 0 Å². The maximum atomic E-state index is 12.0. The predicted octanol–water partition coefficient (Wildman–Crippen LogP) is 2.96. The summed E-state index contributed by atoms with van der Waals surface area (Å²) < 4.78 is 11.1. The molecule has 0 aliphatic carbocycles. The van der Waals surface area contributed by atoms with E-state index in [0.717, 1.165) is 11.3 Å². The lowest BCUT2D eigenvalue weighted by Crippen LogP contribution is -2.38. The molecule has 0 aliphatic heterocycles. The number of amides is 1. The lowest BCUT2D eigenvalue weighted by molar-refractivity contribution is -0.127. The number of hydrogen-bond acceptors (Lipinski definition) is 3. The van der Waals surface area contributed by atoms with Crippen LogP contribution in [0.4, 0.5) is 0 Å². The number of hydrogen-bond donors (Lipinski definition) is 1. The number of nitrogens with one attached hydrogen (secondary N) is 1. The summed E-state index contributed by atoms with van der Waals surface area (Å²) in [6.45, 7) is 4.58. The zero-order valence-electron chi connectivity index (χ0n) is 12.9. The molecule has 4 nitrogen and oxygen atoms in total. The number of carbonyl (C=O) groups is 1. The number of carbonyl (C=O) groups excluding carboxylic acids is 1. The summed E-state index contributed by atoms with van der Waals surface area (Å²) in [6.07, 6.45) is -0.543. The van der Waals surface area contributed by atoms with Gasteiger partial charge in [0, 0.05) is 0 Å². The molecule has 0 heterocycles. The van der Waals surface area contributed by atoms with Gasteiger partial charge in [0.25, 0.3) is 5.91 Å². The first-order valence-electron chi connectivity index (χ1n) is 7.34.